The molecule has 0 fully saturated rings. The Labute approximate surface area is 119 Å². The Morgan fingerprint density at radius 2 is 1.95 bits per heavy atom. The number of carbonyl (C=O) groups excluding carboxylic acids is 1. The van der Waals surface area contributed by atoms with Crippen LogP contribution in [0.2, 0.25) is 0 Å². The van der Waals surface area contributed by atoms with E-state index in [0.717, 1.165) is 6.07 Å². The Morgan fingerprint density at radius 3 is 2.62 bits per heavy atom. The third-order valence-electron chi connectivity index (χ3n) is 2.73. The van der Waals surface area contributed by atoms with Gasteiger partial charge in [-0.25, -0.2) is 4.39 Å². The van der Waals surface area contributed by atoms with E-state index >= 15 is 0 Å². The van der Waals surface area contributed by atoms with Crippen LogP contribution in [0.3, 0.4) is 0 Å². The maximum Gasteiger partial charge on any atom is 0.255 e. The molecule has 1 amide bonds. The van der Waals surface area contributed by atoms with Gasteiger partial charge in [-0.2, -0.15) is 0 Å². The first-order valence-electron chi connectivity index (χ1n) is 5.89. The first-order chi connectivity index (χ1) is 10.0. The summed E-state index contributed by atoms with van der Waals surface area (Å²) in [5.41, 5.74) is 5.43. The third-order valence-corrected chi connectivity index (χ3v) is 2.73. The SMILES string of the molecule is N/C(=N/O)c1c(F)cccc1NC(=O)c1cccc(O)c1. The lowest BCUT2D eigenvalue weighted by atomic mass is 10.1. The summed E-state index contributed by atoms with van der Waals surface area (Å²) < 4.78 is 13.7. The summed E-state index contributed by atoms with van der Waals surface area (Å²) in [6.07, 6.45) is 0. The maximum atomic E-state index is 13.7. The topological polar surface area (TPSA) is 108 Å². The van der Waals surface area contributed by atoms with E-state index in [1.165, 1.54) is 36.4 Å². The van der Waals surface area contributed by atoms with Gasteiger partial charge in [-0.1, -0.05) is 17.3 Å². The van der Waals surface area contributed by atoms with Crippen molar-refractivity contribution in [2.24, 2.45) is 10.9 Å². The molecule has 7 heteroatoms. The van der Waals surface area contributed by atoms with Crippen LogP contribution in [0.4, 0.5) is 10.1 Å². The number of hydrogen-bond donors (Lipinski definition) is 4. The number of hydrogen-bond acceptors (Lipinski definition) is 4. The summed E-state index contributed by atoms with van der Waals surface area (Å²) in [7, 11) is 0. The van der Waals surface area contributed by atoms with E-state index in [4.69, 9.17) is 10.9 Å². The first-order valence-corrected chi connectivity index (χ1v) is 5.89. The number of oxime groups is 1. The molecule has 0 aliphatic rings. The van der Waals surface area contributed by atoms with Gasteiger partial charge < -0.3 is 21.4 Å². The van der Waals surface area contributed by atoms with E-state index in [-0.39, 0.29) is 22.6 Å². The summed E-state index contributed by atoms with van der Waals surface area (Å²) >= 11 is 0. The Balaban J connectivity index is 2.36. The van der Waals surface area contributed by atoms with Crippen molar-refractivity contribution in [1.29, 1.82) is 0 Å². The number of phenolic OH excluding ortho intramolecular Hbond substituents is 1. The summed E-state index contributed by atoms with van der Waals surface area (Å²) in [6.45, 7) is 0. The minimum absolute atomic E-state index is 0.0543. The van der Waals surface area contributed by atoms with Crippen molar-refractivity contribution in [2.45, 2.75) is 0 Å². The fraction of sp³-hybridized carbons (Fsp3) is 0. The normalized spacial score (nSPS) is 11.2. The molecule has 0 saturated heterocycles. The number of nitrogens with two attached hydrogens (primary N) is 1. The van der Waals surface area contributed by atoms with Crippen LogP contribution < -0.4 is 11.1 Å². The van der Waals surface area contributed by atoms with Gasteiger partial charge in [0.1, 0.15) is 11.6 Å². The fourth-order valence-corrected chi connectivity index (χ4v) is 1.78. The highest BCUT2D eigenvalue weighted by atomic mass is 19.1. The summed E-state index contributed by atoms with van der Waals surface area (Å²) in [6, 6.07) is 9.58. The molecule has 2 aromatic rings. The van der Waals surface area contributed by atoms with E-state index < -0.39 is 17.6 Å². The average molecular weight is 289 g/mol. The highest BCUT2D eigenvalue weighted by Crippen LogP contribution is 2.20. The van der Waals surface area contributed by atoms with Gasteiger partial charge in [-0.3, -0.25) is 4.79 Å². The van der Waals surface area contributed by atoms with Crippen molar-refractivity contribution in [3.05, 3.63) is 59.4 Å². The van der Waals surface area contributed by atoms with E-state index in [2.05, 4.69) is 10.5 Å². The second-order valence-electron chi connectivity index (χ2n) is 4.15. The standard InChI is InChI=1S/C14H12FN3O3/c15-10-5-2-6-11(12(10)13(16)18-21)17-14(20)8-3-1-4-9(19)7-8/h1-7,19,21H,(H2,16,18)(H,17,20). The number of aromatic hydroxyl groups is 1. The van der Waals surface area contributed by atoms with Crippen LogP contribution >= 0.6 is 0 Å². The molecule has 0 radical (unpaired) electrons. The van der Waals surface area contributed by atoms with Crippen molar-refractivity contribution in [2.75, 3.05) is 5.32 Å². The van der Waals surface area contributed by atoms with Gasteiger partial charge in [-0.05, 0) is 30.3 Å². The molecule has 0 saturated carbocycles. The van der Waals surface area contributed by atoms with Gasteiger partial charge in [0.25, 0.3) is 5.91 Å². The molecule has 0 unspecified atom stereocenters. The number of nitrogens with one attached hydrogen (secondary N) is 1. The minimum Gasteiger partial charge on any atom is -0.508 e. The number of halogens is 1. The molecule has 0 bridgehead atoms. The van der Waals surface area contributed by atoms with Gasteiger partial charge >= 0.3 is 0 Å². The van der Waals surface area contributed by atoms with E-state index in [1.54, 1.807) is 0 Å². The number of anilines is 1. The number of carbonyl (C=O) groups is 1. The molecular weight excluding hydrogens is 277 g/mol. The van der Waals surface area contributed by atoms with Crippen LogP contribution in [0.15, 0.2) is 47.6 Å². The van der Waals surface area contributed by atoms with Crippen molar-refractivity contribution >= 4 is 17.4 Å². The molecule has 2 rings (SSSR count). The number of phenols is 1. The van der Waals surface area contributed by atoms with Crippen LogP contribution in [0.1, 0.15) is 15.9 Å². The van der Waals surface area contributed by atoms with Crippen molar-refractivity contribution in [1.82, 2.24) is 0 Å². The number of nitrogens with zero attached hydrogens (tertiary/aromatic N) is 1. The predicted molar refractivity (Wildman–Crippen MR) is 75.0 cm³/mol. The molecule has 0 aromatic heterocycles. The van der Waals surface area contributed by atoms with Crippen molar-refractivity contribution in [3.8, 4) is 5.75 Å². The maximum absolute atomic E-state index is 13.7. The minimum atomic E-state index is -0.737. The van der Waals surface area contributed by atoms with Crippen LogP contribution in [-0.2, 0) is 0 Å². The van der Waals surface area contributed by atoms with Gasteiger partial charge in [0.05, 0.1) is 11.3 Å². The summed E-state index contributed by atoms with van der Waals surface area (Å²) in [5, 5.41) is 23.2. The summed E-state index contributed by atoms with van der Waals surface area (Å²) in [5.74, 6) is -1.83. The molecule has 0 heterocycles. The Bertz CT molecular complexity index is 716. The van der Waals surface area contributed by atoms with Crippen LogP contribution in [0.25, 0.3) is 0 Å². The van der Waals surface area contributed by atoms with Crippen molar-refractivity contribution < 1.29 is 19.5 Å². The largest absolute Gasteiger partial charge is 0.508 e. The van der Waals surface area contributed by atoms with Gasteiger partial charge in [0.15, 0.2) is 5.84 Å². The first kappa shape index (κ1) is 14.3. The number of amides is 1. The molecule has 21 heavy (non-hydrogen) atoms. The zero-order chi connectivity index (χ0) is 15.4. The zero-order valence-corrected chi connectivity index (χ0v) is 10.7. The molecule has 2 aromatic carbocycles. The Hall–Kier alpha value is -3.09. The molecule has 0 aliphatic carbocycles. The lowest BCUT2D eigenvalue weighted by Gasteiger charge is -2.11. The molecule has 0 aliphatic heterocycles. The fourth-order valence-electron chi connectivity index (χ4n) is 1.78. The molecule has 6 nitrogen and oxygen atoms in total. The molecule has 108 valence electrons. The van der Waals surface area contributed by atoms with Crippen molar-refractivity contribution in [3.63, 3.8) is 0 Å². The monoisotopic (exact) mass is 289 g/mol. The van der Waals surface area contributed by atoms with Gasteiger partial charge in [0, 0.05) is 5.56 Å². The number of benzene rings is 2. The predicted octanol–water partition coefficient (Wildman–Crippen LogP) is 1.88. The highest BCUT2D eigenvalue weighted by Gasteiger charge is 2.16. The van der Waals surface area contributed by atoms with E-state index in [9.17, 15) is 14.3 Å². The molecular formula is C14H12FN3O3. The number of rotatable bonds is 3. The zero-order valence-electron chi connectivity index (χ0n) is 10.7. The lowest BCUT2D eigenvalue weighted by molar-refractivity contribution is 0.102. The average Bonchev–Trinajstić information content (AvgIpc) is 2.46. The Kier molecular flexibility index (Phi) is 4.03. The molecule has 0 spiro atoms. The molecule has 5 N–H and O–H groups in total. The van der Waals surface area contributed by atoms with Gasteiger partial charge in [-0.15, -0.1) is 0 Å². The third kappa shape index (κ3) is 3.08. The summed E-state index contributed by atoms with van der Waals surface area (Å²) in [4.78, 5) is 12.1. The molecule has 0 atom stereocenters. The lowest BCUT2D eigenvalue weighted by Crippen LogP contribution is -2.20. The van der Waals surface area contributed by atoms with E-state index in [0.29, 0.717) is 0 Å². The quantitative estimate of drug-likeness (QED) is 0.299. The Morgan fingerprint density at radius 1 is 1.24 bits per heavy atom. The smallest absolute Gasteiger partial charge is 0.255 e. The second-order valence-corrected chi connectivity index (χ2v) is 4.15. The van der Waals surface area contributed by atoms with E-state index in [1.807, 2.05) is 0 Å². The second kappa shape index (κ2) is 5.91. The van der Waals surface area contributed by atoms with Crippen LogP contribution in [0.5, 0.6) is 5.75 Å². The highest BCUT2D eigenvalue weighted by molar-refractivity contribution is 6.10. The van der Waals surface area contributed by atoms with Crippen LogP contribution in [-0.4, -0.2) is 22.1 Å². The van der Waals surface area contributed by atoms with Crippen LogP contribution in [0, 0.1) is 5.82 Å². The number of amidine groups is 1. The van der Waals surface area contributed by atoms with Gasteiger partial charge in [0.2, 0.25) is 0 Å².